The Bertz CT molecular complexity index is 566. The fourth-order valence-electron chi connectivity index (χ4n) is 3.09. The molecule has 0 aromatic heterocycles. The number of carbonyl (C=O) groups excluding carboxylic acids is 1. The molecule has 24 heavy (non-hydrogen) atoms. The van der Waals surface area contributed by atoms with Crippen LogP contribution in [-0.2, 0) is 9.59 Å². The molecule has 1 atom stereocenters. The van der Waals surface area contributed by atoms with Crippen molar-refractivity contribution >= 4 is 11.9 Å². The molecule has 1 amide bonds. The number of carboxylic acid groups (broad SMARTS) is 1. The fraction of sp³-hybridized carbons (Fsp3) is 0.556. The minimum Gasteiger partial charge on any atom is -0.481 e. The SMILES string of the molecule is CC(C)N1CCC(C(=O)N[C@@H](CC(=O)O)c2ccc(F)cc2)CC1. The van der Waals surface area contributed by atoms with Gasteiger partial charge in [0.05, 0.1) is 12.5 Å². The van der Waals surface area contributed by atoms with Crippen LogP contribution in [0.2, 0.25) is 0 Å². The number of aliphatic carboxylic acids is 1. The van der Waals surface area contributed by atoms with E-state index in [1.807, 2.05) is 0 Å². The summed E-state index contributed by atoms with van der Waals surface area (Å²) >= 11 is 0. The number of benzene rings is 1. The van der Waals surface area contributed by atoms with Crippen molar-refractivity contribution < 1.29 is 19.1 Å². The first-order valence-corrected chi connectivity index (χ1v) is 8.38. The monoisotopic (exact) mass is 336 g/mol. The lowest BCUT2D eigenvalue weighted by Crippen LogP contribution is -2.44. The van der Waals surface area contributed by atoms with Gasteiger partial charge >= 0.3 is 5.97 Å². The number of carboxylic acids is 1. The Morgan fingerprint density at radius 3 is 2.33 bits per heavy atom. The van der Waals surface area contributed by atoms with Crippen LogP contribution in [-0.4, -0.2) is 41.0 Å². The first kappa shape index (κ1) is 18.4. The van der Waals surface area contributed by atoms with E-state index in [4.69, 9.17) is 5.11 Å². The maximum atomic E-state index is 13.1. The van der Waals surface area contributed by atoms with E-state index < -0.39 is 12.0 Å². The number of carbonyl (C=O) groups is 2. The summed E-state index contributed by atoms with van der Waals surface area (Å²) in [6.45, 7) is 6.02. The van der Waals surface area contributed by atoms with Crippen LogP contribution in [0.5, 0.6) is 0 Å². The summed E-state index contributed by atoms with van der Waals surface area (Å²) in [6, 6.07) is 5.41. The molecule has 1 aromatic rings. The van der Waals surface area contributed by atoms with E-state index in [0.717, 1.165) is 25.9 Å². The third-order valence-corrected chi connectivity index (χ3v) is 4.60. The predicted octanol–water partition coefficient (Wildman–Crippen LogP) is 2.58. The largest absolute Gasteiger partial charge is 0.481 e. The molecule has 2 N–H and O–H groups in total. The van der Waals surface area contributed by atoms with Crippen molar-refractivity contribution in [2.24, 2.45) is 5.92 Å². The summed E-state index contributed by atoms with van der Waals surface area (Å²) in [4.78, 5) is 25.9. The van der Waals surface area contributed by atoms with Crippen molar-refractivity contribution in [1.29, 1.82) is 0 Å². The molecule has 0 radical (unpaired) electrons. The Morgan fingerprint density at radius 2 is 1.83 bits per heavy atom. The summed E-state index contributed by atoms with van der Waals surface area (Å²) in [7, 11) is 0. The number of likely N-dealkylation sites (tertiary alicyclic amines) is 1. The van der Waals surface area contributed by atoms with Crippen molar-refractivity contribution in [3.63, 3.8) is 0 Å². The van der Waals surface area contributed by atoms with E-state index in [2.05, 4.69) is 24.1 Å². The maximum absolute atomic E-state index is 13.1. The molecule has 132 valence electrons. The highest BCUT2D eigenvalue weighted by Crippen LogP contribution is 2.22. The number of rotatable bonds is 6. The van der Waals surface area contributed by atoms with Crippen LogP contribution in [0, 0.1) is 11.7 Å². The van der Waals surface area contributed by atoms with Gasteiger partial charge in [0.2, 0.25) is 5.91 Å². The molecule has 0 saturated carbocycles. The smallest absolute Gasteiger partial charge is 0.305 e. The second-order valence-corrected chi connectivity index (χ2v) is 6.61. The lowest BCUT2D eigenvalue weighted by Gasteiger charge is -2.34. The Labute approximate surface area is 141 Å². The number of nitrogens with zero attached hydrogens (tertiary/aromatic N) is 1. The zero-order valence-electron chi connectivity index (χ0n) is 14.2. The molecular formula is C18H25FN2O3. The van der Waals surface area contributed by atoms with Gasteiger partial charge in [0.15, 0.2) is 0 Å². The van der Waals surface area contributed by atoms with Gasteiger partial charge in [0.1, 0.15) is 5.82 Å². The summed E-state index contributed by atoms with van der Waals surface area (Å²) < 4.78 is 13.1. The average Bonchev–Trinajstić information content (AvgIpc) is 2.54. The Hall–Kier alpha value is -1.95. The lowest BCUT2D eigenvalue weighted by atomic mass is 9.94. The molecule has 5 nitrogen and oxygen atoms in total. The van der Waals surface area contributed by atoms with Crippen LogP contribution >= 0.6 is 0 Å². The van der Waals surface area contributed by atoms with Crippen LogP contribution < -0.4 is 5.32 Å². The highest BCUT2D eigenvalue weighted by molar-refractivity contribution is 5.80. The second-order valence-electron chi connectivity index (χ2n) is 6.61. The van der Waals surface area contributed by atoms with Gasteiger partial charge in [-0.1, -0.05) is 12.1 Å². The summed E-state index contributed by atoms with van der Waals surface area (Å²) in [5.41, 5.74) is 0.603. The van der Waals surface area contributed by atoms with Gasteiger partial charge in [0, 0.05) is 12.0 Å². The number of nitrogens with one attached hydrogen (secondary N) is 1. The lowest BCUT2D eigenvalue weighted by molar-refractivity contribution is -0.138. The topological polar surface area (TPSA) is 69.6 Å². The van der Waals surface area contributed by atoms with Crippen molar-refractivity contribution in [3.05, 3.63) is 35.6 Å². The summed E-state index contributed by atoms with van der Waals surface area (Å²) in [6.07, 6.45) is 1.32. The normalized spacial score (nSPS) is 17.7. The quantitative estimate of drug-likeness (QED) is 0.838. The first-order valence-electron chi connectivity index (χ1n) is 8.38. The van der Waals surface area contributed by atoms with Crippen LogP contribution in [0.1, 0.15) is 44.7 Å². The highest BCUT2D eigenvalue weighted by atomic mass is 19.1. The van der Waals surface area contributed by atoms with Crippen LogP contribution in [0.15, 0.2) is 24.3 Å². The molecule has 6 heteroatoms. The molecular weight excluding hydrogens is 311 g/mol. The first-order chi connectivity index (χ1) is 11.4. The molecule has 0 spiro atoms. The Balaban J connectivity index is 2.00. The molecule has 1 aliphatic rings. The number of hydrogen-bond acceptors (Lipinski definition) is 3. The molecule has 0 unspecified atom stereocenters. The molecule has 0 aliphatic carbocycles. The summed E-state index contributed by atoms with van der Waals surface area (Å²) in [5, 5.41) is 11.9. The highest BCUT2D eigenvalue weighted by Gasteiger charge is 2.28. The Morgan fingerprint density at radius 1 is 1.25 bits per heavy atom. The van der Waals surface area contributed by atoms with Crippen LogP contribution in [0.25, 0.3) is 0 Å². The minimum absolute atomic E-state index is 0.100. The van der Waals surface area contributed by atoms with Crippen molar-refractivity contribution in [3.8, 4) is 0 Å². The number of hydrogen-bond donors (Lipinski definition) is 2. The zero-order valence-corrected chi connectivity index (χ0v) is 14.2. The Kier molecular flexibility index (Phi) is 6.31. The van der Waals surface area contributed by atoms with E-state index in [9.17, 15) is 14.0 Å². The standard InChI is InChI=1S/C18H25FN2O3/c1-12(2)21-9-7-14(8-10-21)18(24)20-16(11-17(22)23)13-3-5-15(19)6-4-13/h3-6,12,14,16H,7-11H2,1-2H3,(H,20,24)(H,22,23)/t16-/m0/s1. The van der Waals surface area contributed by atoms with Crippen LogP contribution in [0.3, 0.4) is 0 Å². The maximum Gasteiger partial charge on any atom is 0.305 e. The van der Waals surface area contributed by atoms with Gasteiger partial charge in [-0.15, -0.1) is 0 Å². The second kappa shape index (κ2) is 8.24. The molecule has 1 fully saturated rings. The van der Waals surface area contributed by atoms with Gasteiger partial charge in [-0.25, -0.2) is 4.39 Å². The summed E-state index contributed by atoms with van der Waals surface area (Å²) in [5.74, 6) is -1.61. The van der Waals surface area contributed by atoms with E-state index in [1.54, 1.807) is 0 Å². The van der Waals surface area contributed by atoms with E-state index in [0.29, 0.717) is 11.6 Å². The fourth-order valence-corrected chi connectivity index (χ4v) is 3.09. The van der Waals surface area contributed by atoms with Crippen molar-refractivity contribution in [1.82, 2.24) is 10.2 Å². The minimum atomic E-state index is -1.00. The molecule has 1 heterocycles. The van der Waals surface area contributed by atoms with E-state index >= 15 is 0 Å². The zero-order chi connectivity index (χ0) is 17.7. The van der Waals surface area contributed by atoms with Gasteiger partial charge < -0.3 is 15.3 Å². The van der Waals surface area contributed by atoms with Crippen molar-refractivity contribution in [2.75, 3.05) is 13.1 Å². The third kappa shape index (κ3) is 5.03. The van der Waals surface area contributed by atoms with Gasteiger partial charge in [-0.3, -0.25) is 9.59 Å². The molecule has 2 rings (SSSR count). The van der Waals surface area contributed by atoms with Gasteiger partial charge in [-0.2, -0.15) is 0 Å². The van der Waals surface area contributed by atoms with Crippen LogP contribution in [0.4, 0.5) is 4.39 Å². The molecule has 1 aromatic carbocycles. The number of halogens is 1. The molecule has 1 aliphatic heterocycles. The van der Waals surface area contributed by atoms with Crippen molar-refractivity contribution in [2.45, 2.75) is 45.2 Å². The molecule has 1 saturated heterocycles. The predicted molar refractivity (Wildman–Crippen MR) is 89.0 cm³/mol. The average molecular weight is 336 g/mol. The number of piperidine rings is 1. The van der Waals surface area contributed by atoms with E-state index in [-0.39, 0.29) is 24.1 Å². The number of amides is 1. The van der Waals surface area contributed by atoms with Gasteiger partial charge in [0.25, 0.3) is 0 Å². The van der Waals surface area contributed by atoms with E-state index in [1.165, 1.54) is 24.3 Å². The third-order valence-electron chi connectivity index (χ3n) is 4.60. The molecule has 0 bridgehead atoms. The van der Waals surface area contributed by atoms with Gasteiger partial charge in [-0.05, 0) is 57.5 Å².